The van der Waals surface area contributed by atoms with Gasteiger partial charge in [-0.3, -0.25) is 0 Å². The molecule has 0 amide bonds. The molecule has 1 aromatic rings. The van der Waals surface area contributed by atoms with Gasteiger partial charge in [0.25, 0.3) is 0 Å². The average Bonchev–Trinajstić information content (AvgIpc) is 2.27. The molecule has 0 aliphatic carbocycles. The lowest BCUT2D eigenvalue weighted by Gasteiger charge is -2.07. The molecule has 0 atom stereocenters. The Morgan fingerprint density at radius 2 is 1.78 bits per heavy atom. The number of hydrogen-bond acceptors (Lipinski definition) is 3. The molecule has 0 unspecified atom stereocenters. The second-order valence-electron chi connectivity index (χ2n) is 3.62. The Morgan fingerprint density at radius 1 is 1.17 bits per heavy atom. The summed E-state index contributed by atoms with van der Waals surface area (Å²) in [6.45, 7) is 0.286. The maximum Gasteiger partial charge on any atom is 0.240 e. The lowest BCUT2D eigenvalue weighted by molar-refractivity contribution is 0.577. The highest BCUT2D eigenvalue weighted by atomic mass is 35.5. The Morgan fingerprint density at radius 3 is 2.33 bits per heavy atom. The summed E-state index contributed by atoms with van der Waals surface area (Å²) in [5.41, 5.74) is 0. The van der Waals surface area contributed by atoms with Crippen molar-refractivity contribution in [1.29, 1.82) is 5.26 Å². The fourth-order valence-corrected chi connectivity index (χ4v) is 3.10. The van der Waals surface area contributed by atoms with Crippen LogP contribution in [0.1, 0.15) is 19.3 Å². The van der Waals surface area contributed by atoms with Crippen LogP contribution in [-0.2, 0) is 10.0 Å². The van der Waals surface area contributed by atoms with Crippen molar-refractivity contribution < 1.29 is 8.42 Å². The summed E-state index contributed by atoms with van der Waals surface area (Å²) >= 11 is 11.5. The SMILES string of the molecule is N#CCCCCNS(=O)(=O)c1cc(Cl)cc(Cl)c1. The third kappa shape index (κ3) is 4.83. The molecule has 0 bridgehead atoms. The number of benzene rings is 1. The van der Waals surface area contributed by atoms with Crippen molar-refractivity contribution in [1.82, 2.24) is 4.72 Å². The van der Waals surface area contributed by atoms with E-state index < -0.39 is 10.0 Å². The highest BCUT2D eigenvalue weighted by molar-refractivity contribution is 7.89. The first-order valence-corrected chi connectivity index (χ1v) is 7.52. The van der Waals surface area contributed by atoms with Crippen LogP contribution in [0.25, 0.3) is 0 Å². The van der Waals surface area contributed by atoms with Gasteiger partial charge in [-0.1, -0.05) is 23.2 Å². The van der Waals surface area contributed by atoms with Gasteiger partial charge in [0.2, 0.25) is 10.0 Å². The number of halogens is 2. The molecule has 0 saturated heterocycles. The van der Waals surface area contributed by atoms with Crippen LogP contribution < -0.4 is 4.72 Å². The molecule has 98 valence electrons. The van der Waals surface area contributed by atoms with Crippen molar-refractivity contribution in [2.45, 2.75) is 24.2 Å². The van der Waals surface area contributed by atoms with Gasteiger partial charge in [-0.25, -0.2) is 13.1 Å². The summed E-state index contributed by atoms with van der Waals surface area (Å²) in [6, 6.07) is 6.14. The zero-order chi connectivity index (χ0) is 13.6. The quantitative estimate of drug-likeness (QED) is 0.821. The zero-order valence-electron chi connectivity index (χ0n) is 9.49. The lowest BCUT2D eigenvalue weighted by Crippen LogP contribution is -2.24. The van der Waals surface area contributed by atoms with E-state index in [4.69, 9.17) is 28.5 Å². The monoisotopic (exact) mass is 306 g/mol. The predicted molar refractivity (Wildman–Crippen MR) is 71.1 cm³/mol. The van der Waals surface area contributed by atoms with E-state index in [1.807, 2.05) is 6.07 Å². The van der Waals surface area contributed by atoms with Crippen molar-refractivity contribution in [2.75, 3.05) is 6.54 Å². The molecule has 1 rings (SSSR count). The van der Waals surface area contributed by atoms with Crippen molar-refractivity contribution in [3.63, 3.8) is 0 Å². The molecule has 0 heterocycles. The number of sulfonamides is 1. The lowest BCUT2D eigenvalue weighted by atomic mass is 10.2. The molecule has 18 heavy (non-hydrogen) atoms. The Kier molecular flexibility index (Phi) is 5.89. The Hall–Kier alpha value is -0.800. The third-order valence-corrected chi connectivity index (χ3v) is 4.03. The first kappa shape index (κ1) is 15.3. The van der Waals surface area contributed by atoms with E-state index in [-0.39, 0.29) is 21.5 Å². The van der Waals surface area contributed by atoms with E-state index in [9.17, 15) is 8.42 Å². The van der Waals surface area contributed by atoms with Crippen molar-refractivity contribution in [3.05, 3.63) is 28.2 Å². The molecule has 0 radical (unpaired) electrons. The van der Waals surface area contributed by atoms with Crippen LogP contribution in [0.4, 0.5) is 0 Å². The molecule has 0 saturated carbocycles. The molecule has 7 heteroatoms. The minimum Gasteiger partial charge on any atom is -0.211 e. The summed E-state index contributed by atoms with van der Waals surface area (Å²) in [4.78, 5) is 0.0419. The van der Waals surface area contributed by atoms with E-state index in [0.29, 0.717) is 19.3 Å². The average molecular weight is 307 g/mol. The van der Waals surface area contributed by atoms with Gasteiger partial charge in [0, 0.05) is 23.0 Å². The van der Waals surface area contributed by atoms with Gasteiger partial charge in [-0.05, 0) is 31.0 Å². The van der Waals surface area contributed by atoms with Crippen molar-refractivity contribution in [2.24, 2.45) is 0 Å². The summed E-state index contributed by atoms with van der Waals surface area (Å²) in [5, 5.41) is 8.89. The second kappa shape index (κ2) is 6.95. The third-order valence-electron chi connectivity index (χ3n) is 2.15. The molecule has 0 fully saturated rings. The van der Waals surface area contributed by atoms with Gasteiger partial charge in [-0.15, -0.1) is 0 Å². The van der Waals surface area contributed by atoms with Crippen molar-refractivity contribution >= 4 is 33.2 Å². The Bertz CT molecular complexity index is 532. The Balaban J connectivity index is 2.66. The standard InChI is InChI=1S/C11H12Cl2N2O2S/c12-9-6-10(13)8-11(7-9)18(16,17)15-5-3-1-2-4-14/h6-8,15H,1-3,5H2. The molecule has 1 N–H and O–H groups in total. The molecule has 0 aliphatic heterocycles. The van der Waals surface area contributed by atoms with Gasteiger partial charge in [-0.2, -0.15) is 5.26 Å². The van der Waals surface area contributed by atoms with E-state index in [2.05, 4.69) is 4.72 Å². The number of unbranched alkanes of at least 4 members (excludes halogenated alkanes) is 2. The minimum absolute atomic E-state index is 0.0419. The fourth-order valence-electron chi connectivity index (χ4n) is 1.30. The highest BCUT2D eigenvalue weighted by Crippen LogP contribution is 2.22. The van der Waals surface area contributed by atoms with E-state index >= 15 is 0 Å². The Labute approximate surface area is 117 Å². The van der Waals surface area contributed by atoms with Gasteiger partial charge in [0.15, 0.2) is 0 Å². The molecule has 4 nitrogen and oxygen atoms in total. The van der Waals surface area contributed by atoms with E-state index in [1.54, 1.807) is 0 Å². The van der Waals surface area contributed by atoms with Crippen LogP contribution in [0, 0.1) is 11.3 Å². The van der Waals surface area contributed by atoms with Crippen LogP contribution in [0.5, 0.6) is 0 Å². The molecular formula is C11H12Cl2N2O2S. The van der Waals surface area contributed by atoms with Crippen LogP contribution in [0.2, 0.25) is 10.0 Å². The maximum absolute atomic E-state index is 11.9. The minimum atomic E-state index is -3.59. The van der Waals surface area contributed by atoms with Gasteiger partial charge < -0.3 is 0 Å². The number of nitriles is 1. The topological polar surface area (TPSA) is 70.0 Å². The van der Waals surface area contributed by atoms with E-state index in [0.717, 1.165) is 0 Å². The predicted octanol–water partition coefficient (Wildman–Crippen LogP) is 2.97. The first-order chi connectivity index (χ1) is 8.45. The van der Waals surface area contributed by atoms with Crippen molar-refractivity contribution in [3.8, 4) is 6.07 Å². The van der Waals surface area contributed by atoms with Gasteiger partial charge in [0.1, 0.15) is 0 Å². The summed E-state index contributed by atoms with van der Waals surface area (Å²) in [5.74, 6) is 0. The fraction of sp³-hybridized carbons (Fsp3) is 0.364. The van der Waals surface area contributed by atoms with Crippen LogP contribution in [0.15, 0.2) is 23.1 Å². The van der Waals surface area contributed by atoms with Crippen LogP contribution in [0.3, 0.4) is 0 Å². The first-order valence-electron chi connectivity index (χ1n) is 5.28. The highest BCUT2D eigenvalue weighted by Gasteiger charge is 2.14. The summed E-state index contributed by atoms with van der Waals surface area (Å²) in [7, 11) is -3.59. The van der Waals surface area contributed by atoms with Crippen LogP contribution in [-0.4, -0.2) is 15.0 Å². The smallest absolute Gasteiger partial charge is 0.211 e. The number of nitrogens with zero attached hydrogens (tertiary/aromatic N) is 1. The normalized spacial score (nSPS) is 11.2. The molecule has 0 aromatic heterocycles. The molecule has 1 aromatic carbocycles. The molecule has 0 spiro atoms. The summed E-state index contributed by atoms with van der Waals surface area (Å²) in [6.07, 6.45) is 1.70. The molecular weight excluding hydrogens is 295 g/mol. The number of nitrogens with one attached hydrogen (secondary N) is 1. The van der Waals surface area contributed by atoms with Gasteiger partial charge >= 0.3 is 0 Å². The number of hydrogen-bond donors (Lipinski definition) is 1. The van der Waals surface area contributed by atoms with Crippen LogP contribution >= 0.6 is 23.2 Å². The summed E-state index contributed by atoms with van der Waals surface area (Å²) < 4.78 is 26.2. The van der Waals surface area contributed by atoms with E-state index in [1.165, 1.54) is 18.2 Å². The number of rotatable bonds is 6. The largest absolute Gasteiger partial charge is 0.240 e. The molecule has 0 aliphatic rings. The zero-order valence-corrected chi connectivity index (χ0v) is 11.8. The maximum atomic E-state index is 11.9. The van der Waals surface area contributed by atoms with Gasteiger partial charge in [0.05, 0.1) is 11.0 Å². The second-order valence-corrected chi connectivity index (χ2v) is 6.26.